The summed E-state index contributed by atoms with van der Waals surface area (Å²) in [6.07, 6.45) is 7.31. The molecule has 1 aliphatic heterocycles. The van der Waals surface area contributed by atoms with Gasteiger partial charge in [0.15, 0.2) is 0 Å². The van der Waals surface area contributed by atoms with Crippen molar-refractivity contribution in [3.8, 4) is 0 Å². The highest BCUT2D eigenvalue weighted by molar-refractivity contribution is 6.22. The number of fused-ring (bicyclic) bond motifs is 2. The first-order valence-electron chi connectivity index (χ1n) is 10.9. The summed E-state index contributed by atoms with van der Waals surface area (Å²) < 4.78 is 5.54. The summed E-state index contributed by atoms with van der Waals surface area (Å²) >= 11 is 0. The molecule has 1 aliphatic carbocycles. The summed E-state index contributed by atoms with van der Waals surface area (Å²) in [4.78, 5) is 39.8. The Hall–Kier alpha value is -3.41. The van der Waals surface area contributed by atoms with Crippen LogP contribution in [0.3, 0.4) is 0 Å². The zero-order valence-corrected chi connectivity index (χ0v) is 17.2. The van der Waals surface area contributed by atoms with E-state index in [1.807, 2.05) is 24.3 Å². The van der Waals surface area contributed by atoms with Gasteiger partial charge in [0.2, 0.25) is 0 Å². The lowest BCUT2D eigenvalue weighted by Crippen LogP contribution is -2.40. The molecule has 2 heterocycles. The third-order valence-corrected chi connectivity index (χ3v) is 6.36. The number of rotatable bonds is 5. The molecule has 0 unspecified atom stereocenters. The summed E-state index contributed by atoms with van der Waals surface area (Å²) in [6.45, 7) is 0.445. The summed E-state index contributed by atoms with van der Waals surface area (Å²) in [5.74, 6) is -0.760. The van der Waals surface area contributed by atoms with Crippen LogP contribution in [0.25, 0.3) is 11.0 Å². The van der Waals surface area contributed by atoms with Gasteiger partial charge in [-0.2, -0.15) is 0 Å². The third-order valence-electron chi connectivity index (χ3n) is 6.36. The molecule has 2 aliphatic rings. The monoisotopic (exact) mass is 416 g/mol. The van der Waals surface area contributed by atoms with E-state index in [1.165, 1.54) is 4.90 Å². The van der Waals surface area contributed by atoms with Gasteiger partial charge >= 0.3 is 0 Å². The van der Waals surface area contributed by atoms with Gasteiger partial charge in [-0.3, -0.25) is 19.3 Å². The summed E-state index contributed by atoms with van der Waals surface area (Å²) in [7, 11) is 0. The van der Waals surface area contributed by atoms with Crippen LogP contribution in [-0.2, 0) is 6.42 Å². The van der Waals surface area contributed by atoms with E-state index < -0.39 is 0 Å². The van der Waals surface area contributed by atoms with Gasteiger partial charge in [-0.25, -0.2) is 0 Å². The Balaban J connectivity index is 1.27. The summed E-state index contributed by atoms with van der Waals surface area (Å²) in [5, 5.41) is 3.95. The maximum Gasteiger partial charge on any atom is 0.261 e. The lowest BCUT2D eigenvalue weighted by Gasteiger charge is -2.29. The molecule has 1 N–H and O–H groups in total. The Morgan fingerprint density at radius 1 is 1.00 bits per heavy atom. The Morgan fingerprint density at radius 3 is 2.61 bits per heavy atom. The number of para-hydroxylation sites is 1. The molecule has 31 heavy (non-hydrogen) atoms. The lowest BCUT2D eigenvalue weighted by molar-refractivity contribution is 0.0548. The number of furan rings is 1. The Morgan fingerprint density at radius 2 is 1.77 bits per heavy atom. The van der Waals surface area contributed by atoms with E-state index in [-0.39, 0.29) is 23.8 Å². The van der Waals surface area contributed by atoms with Crippen LogP contribution in [0.2, 0.25) is 0 Å². The van der Waals surface area contributed by atoms with Gasteiger partial charge < -0.3 is 9.73 Å². The van der Waals surface area contributed by atoms with Gasteiger partial charge in [0.25, 0.3) is 17.7 Å². The van der Waals surface area contributed by atoms with Crippen molar-refractivity contribution in [1.82, 2.24) is 10.2 Å². The van der Waals surface area contributed by atoms with Crippen LogP contribution in [0.4, 0.5) is 0 Å². The molecule has 158 valence electrons. The van der Waals surface area contributed by atoms with Crippen LogP contribution in [0, 0.1) is 0 Å². The third kappa shape index (κ3) is 3.52. The molecule has 3 amide bonds. The van der Waals surface area contributed by atoms with Crippen LogP contribution < -0.4 is 5.32 Å². The van der Waals surface area contributed by atoms with Gasteiger partial charge in [-0.1, -0.05) is 37.5 Å². The summed E-state index contributed by atoms with van der Waals surface area (Å²) in [6, 6.07) is 12.6. The Labute approximate surface area is 180 Å². The molecule has 3 aromatic rings. The van der Waals surface area contributed by atoms with Crippen molar-refractivity contribution in [2.75, 3.05) is 6.54 Å². The first-order chi connectivity index (χ1) is 15.1. The van der Waals surface area contributed by atoms with Gasteiger partial charge in [0.05, 0.1) is 17.4 Å². The molecule has 6 nitrogen and oxygen atoms in total. The molecule has 1 aromatic heterocycles. The largest absolute Gasteiger partial charge is 0.464 e. The van der Waals surface area contributed by atoms with E-state index in [2.05, 4.69) is 5.32 Å². The van der Waals surface area contributed by atoms with Crippen LogP contribution in [-0.4, -0.2) is 35.2 Å². The first-order valence-corrected chi connectivity index (χ1v) is 10.9. The van der Waals surface area contributed by atoms with Crippen molar-refractivity contribution in [2.45, 2.75) is 44.6 Å². The molecule has 0 atom stereocenters. The highest BCUT2D eigenvalue weighted by atomic mass is 16.3. The molecular weight excluding hydrogens is 392 g/mol. The zero-order valence-electron chi connectivity index (χ0n) is 17.2. The second-order valence-electron chi connectivity index (χ2n) is 8.30. The van der Waals surface area contributed by atoms with E-state index in [0.717, 1.165) is 48.6 Å². The van der Waals surface area contributed by atoms with Crippen molar-refractivity contribution < 1.29 is 18.8 Å². The minimum Gasteiger partial charge on any atom is -0.464 e. The number of nitrogens with zero attached hydrogens (tertiary/aromatic N) is 1. The number of imide groups is 1. The fourth-order valence-corrected chi connectivity index (χ4v) is 4.71. The normalized spacial score (nSPS) is 16.7. The fraction of sp³-hybridized carbons (Fsp3) is 0.320. The Kier molecular flexibility index (Phi) is 5.06. The maximum atomic E-state index is 12.9. The standard InChI is InChI=1S/C25H24N2O4/c28-23(26-13-12-17-15-31-22-9-5-4-8-19(17)22)16-10-11-20-21(14-16)25(30)27(24(20)29)18-6-2-1-3-7-18/h4-5,8-11,14-15,18H,1-3,6-7,12-13H2,(H,26,28). The molecule has 5 rings (SSSR count). The van der Waals surface area contributed by atoms with Crippen molar-refractivity contribution >= 4 is 28.7 Å². The predicted octanol–water partition coefficient (Wildman–Crippen LogP) is 4.33. The molecule has 2 aromatic carbocycles. The molecule has 0 bridgehead atoms. The molecule has 0 spiro atoms. The minimum absolute atomic E-state index is 0.0248. The average molecular weight is 416 g/mol. The van der Waals surface area contributed by atoms with Crippen LogP contribution >= 0.6 is 0 Å². The van der Waals surface area contributed by atoms with Crippen LogP contribution in [0.1, 0.15) is 68.7 Å². The smallest absolute Gasteiger partial charge is 0.261 e. The highest BCUT2D eigenvalue weighted by Gasteiger charge is 2.40. The summed E-state index contributed by atoms with van der Waals surface area (Å²) in [5.41, 5.74) is 2.99. The van der Waals surface area contributed by atoms with Crippen molar-refractivity contribution in [3.63, 3.8) is 0 Å². The quantitative estimate of drug-likeness (QED) is 0.628. The number of hydrogen-bond acceptors (Lipinski definition) is 4. The number of carbonyl (C=O) groups excluding carboxylic acids is 3. The van der Waals surface area contributed by atoms with Crippen molar-refractivity contribution in [1.29, 1.82) is 0 Å². The molecule has 0 saturated heterocycles. The van der Waals surface area contributed by atoms with Gasteiger partial charge in [-0.05, 0) is 49.1 Å². The van der Waals surface area contributed by atoms with E-state index in [1.54, 1.807) is 24.5 Å². The maximum absolute atomic E-state index is 12.9. The highest BCUT2D eigenvalue weighted by Crippen LogP contribution is 2.31. The minimum atomic E-state index is -0.272. The molecule has 6 heteroatoms. The van der Waals surface area contributed by atoms with Crippen LogP contribution in [0.5, 0.6) is 0 Å². The van der Waals surface area contributed by atoms with E-state index in [4.69, 9.17) is 4.42 Å². The number of carbonyl (C=O) groups is 3. The topological polar surface area (TPSA) is 79.6 Å². The first kappa shape index (κ1) is 19.5. The van der Waals surface area contributed by atoms with E-state index in [9.17, 15) is 14.4 Å². The number of benzene rings is 2. The van der Waals surface area contributed by atoms with Gasteiger partial charge in [0.1, 0.15) is 5.58 Å². The molecule has 1 saturated carbocycles. The molecular formula is C25H24N2O4. The van der Waals surface area contributed by atoms with E-state index >= 15 is 0 Å². The lowest BCUT2D eigenvalue weighted by atomic mass is 9.94. The van der Waals surface area contributed by atoms with Gasteiger partial charge in [0, 0.05) is 23.5 Å². The number of hydrogen-bond donors (Lipinski definition) is 1. The SMILES string of the molecule is O=C(NCCc1coc2ccccc12)c1ccc2c(c1)C(=O)N(C1CCCCC1)C2=O. The van der Waals surface area contributed by atoms with Gasteiger partial charge in [-0.15, -0.1) is 0 Å². The van der Waals surface area contributed by atoms with Crippen molar-refractivity contribution in [3.05, 3.63) is 71.0 Å². The van der Waals surface area contributed by atoms with Crippen molar-refractivity contribution in [2.24, 2.45) is 0 Å². The second-order valence-corrected chi connectivity index (χ2v) is 8.30. The molecule has 0 radical (unpaired) electrons. The second kappa shape index (κ2) is 8.02. The Bertz CT molecular complexity index is 1170. The predicted molar refractivity (Wildman–Crippen MR) is 116 cm³/mol. The zero-order chi connectivity index (χ0) is 21.4. The fourth-order valence-electron chi connectivity index (χ4n) is 4.71. The molecule has 1 fully saturated rings. The number of nitrogens with one attached hydrogen (secondary N) is 1. The van der Waals surface area contributed by atoms with Crippen LogP contribution in [0.15, 0.2) is 53.1 Å². The average Bonchev–Trinajstić information content (AvgIpc) is 3.33. The van der Waals surface area contributed by atoms with E-state index in [0.29, 0.717) is 29.7 Å². The number of amides is 3.